The predicted octanol–water partition coefficient (Wildman–Crippen LogP) is 6.80. The summed E-state index contributed by atoms with van der Waals surface area (Å²) in [4.78, 5) is 9.82. The third-order valence-electron chi connectivity index (χ3n) is 7.42. The molecule has 0 atom stereocenters. The average molecular weight is 474 g/mol. The Labute approximate surface area is 208 Å². The first-order valence-corrected chi connectivity index (χ1v) is 12.2. The number of benzene rings is 3. The first kappa shape index (κ1) is 21.0. The number of imidazole rings is 1. The van der Waals surface area contributed by atoms with Gasteiger partial charge in [-0.1, -0.05) is 36.4 Å². The van der Waals surface area contributed by atoms with Gasteiger partial charge in [0.25, 0.3) is 0 Å². The number of nitrogens with one attached hydrogen (secondary N) is 1. The molecule has 176 valence electrons. The number of hydrogen-bond acceptors (Lipinski definition) is 4. The summed E-state index contributed by atoms with van der Waals surface area (Å²) in [5.41, 5.74) is 13.9. The smallest absolute Gasteiger partial charge is 0.154 e. The van der Waals surface area contributed by atoms with Crippen LogP contribution in [-0.2, 0) is 5.54 Å². The van der Waals surface area contributed by atoms with Gasteiger partial charge in [-0.15, -0.1) is 0 Å². The van der Waals surface area contributed by atoms with E-state index in [-0.39, 0.29) is 11.4 Å². The van der Waals surface area contributed by atoms with Crippen molar-refractivity contribution in [2.45, 2.75) is 24.8 Å². The van der Waals surface area contributed by atoms with Gasteiger partial charge >= 0.3 is 0 Å². The number of para-hydroxylation sites is 1. The van der Waals surface area contributed by atoms with Crippen LogP contribution < -0.4 is 11.1 Å². The molecule has 36 heavy (non-hydrogen) atoms. The fourth-order valence-corrected chi connectivity index (χ4v) is 5.31. The number of anilines is 2. The molecular weight excluding hydrogens is 449 g/mol. The Morgan fingerprint density at radius 2 is 1.61 bits per heavy atom. The third kappa shape index (κ3) is 3.18. The van der Waals surface area contributed by atoms with E-state index in [2.05, 4.69) is 45.2 Å². The average Bonchev–Trinajstić information content (AvgIpc) is 3.22. The van der Waals surface area contributed by atoms with E-state index in [0.29, 0.717) is 0 Å². The summed E-state index contributed by atoms with van der Waals surface area (Å²) in [5.74, 6) is 1.28. The SMILES string of the molecule is NC1(c2ccc(-c3c(-c4ccc(F)cc4)nc4n3-c3cccnc3Nc3ccccc3-4)cc2)CCC1. The number of hydrogen-bond donors (Lipinski definition) is 2. The van der Waals surface area contributed by atoms with Crippen LogP contribution in [0.4, 0.5) is 15.9 Å². The third-order valence-corrected chi connectivity index (χ3v) is 7.42. The Morgan fingerprint density at radius 3 is 2.36 bits per heavy atom. The Morgan fingerprint density at radius 1 is 0.861 bits per heavy atom. The minimum atomic E-state index is -0.275. The van der Waals surface area contributed by atoms with Crippen molar-refractivity contribution in [1.82, 2.24) is 14.5 Å². The molecular formula is C30H24FN5. The van der Waals surface area contributed by atoms with Gasteiger partial charge in [-0.2, -0.15) is 0 Å². The van der Waals surface area contributed by atoms with E-state index in [1.165, 1.54) is 18.6 Å². The molecule has 0 saturated heterocycles. The number of nitrogens with two attached hydrogens (primary N) is 1. The highest BCUT2D eigenvalue weighted by Crippen LogP contribution is 2.45. The summed E-state index contributed by atoms with van der Waals surface area (Å²) in [6, 6.07) is 27.1. The van der Waals surface area contributed by atoms with Gasteiger partial charge in [0.2, 0.25) is 0 Å². The van der Waals surface area contributed by atoms with E-state index < -0.39 is 0 Å². The second kappa shape index (κ2) is 7.86. The standard InChI is InChI=1S/C30H24FN5/c31-22-14-10-19(11-15-22)26-27(20-8-12-21(13-9-20)30(32)16-4-17-30)36-25-7-3-18-33-28(25)34-24-6-2-1-5-23(24)29(36)35-26/h1-3,5-15,18H,4,16-17,32H2,(H,33,34). The zero-order valence-electron chi connectivity index (χ0n) is 19.6. The molecule has 1 fully saturated rings. The largest absolute Gasteiger partial charge is 0.338 e. The van der Waals surface area contributed by atoms with Crippen molar-refractivity contribution in [1.29, 1.82) is 0 Å². The van der Waals surface area contributed by atoms with Crippen LogP contribution in [0.3, 0.4) is 0 Å². The molecule has 1 aliphatic heterocycles. The topological polar surface area (TPSA) is 68.8 Å². The highest BCUT2D eigenvalue weighted by atomic mass is 19.1. The molecule has 6 heteroatoms. The van der Waals surface area contributed by atoms with Crippen molar-refractivity contribution < 1.29 is 4.39 Å². The van der Waals surface area contributed by atoms with Crippen LogP contribution in [0.2, 0.25) is 0 Å². The molecule has 0 spiro atoms. The van der Waals surface area contributed by atoms with Crippen molar-refractivity contribution in [3.05, 3.63) is 103 Å². The fourth-order valence-electron chi connectivity index (χ4n) is 5.31. The van der Waals surface area contributed by atoms with E-state index in [0.717, 1.165) is 69.5 Å². The van der Waals surface area contributed by atoms with Crippen LogP contribution in [0.25, 0.3) is 39.6 Å². The lowest BCUT2D eigenvalue weighted by atomic mass is 9.72. The van der Waals surface area contributed by atoms with E-state index in [1.807, 2.05) is 30.3 Å². The summed E-state index contributed by atoms with van der Waals surface area (Å²) >= 11 is 0. The van der Waals surface area contributed by atoms with E-state index in [9.17, 15) is 4.39 Å². The quantitative estimate of drug-likeness (QED) is 0.297. The zero-order valence-corrected chi connectivity index (χ0v) is 19.6. The Balaban J connectivity index is 1.53. The molecule has 5 aromatic rings. The lowest BCUT2D eigenvalue weighted by molar-refractivity contribution is 0.253. The number of aromatic nitrogens is 3. The molecule has 0 unspecified atom stereocenters. The van der Waals surface area contributed by atoms with Crippen molar-refractivity contribution in [2.75, 3.05) is 5.32 Å². The summed E-state index contributed by atoms with van der Waals surface area (Å²) in [6.45, 7) is 0. The summed E-state index contributed by atoms with van der Waals surface area (Å²) in [6.07, 6.45) is 4.97. The van der Waals surface area contributed by atoms with Gasteiger partial charge in [-0.05, 0) is 73.4 Å². The maximum absolute atomic E-state index is 13.8. The number of nitrogens with zero attached hydrogens (tertiary/aromatic N) is 3. The van der Waals surface area contributed by atoms with Crippen molar-refractivity contribution >= 4 is 11.5 Å². The second-order valence-corrected chi connectivity index (χ2v) is 9.60. The molecule has 0 bridgehead atoms. The zero-order chi connectivity index (χ0) is 24.3. The van der Waals surface area contributed by atoms with E-state index in [1.54, 1.807) is 18.3 Å². The Kier molecular flexibility index (Phi) is 4.59. The first-order chi connectivity index (χ1) is 17.6. The number of pyridine rings is 1. The maximum Gasteiger partial charge on any atom is 0.154 e. The van der Waals surface area contributed by atoms with Crippen LogP contribution in [0.1, 0.15) is 24.8 Å². The molecule has 0 radical (unpaired) electrons. The van der Waals surface area contributed by atoms with Crippen LogP contribution >= 0.6 is 0 Å². The molecule has 1 saturated carbocycles. The molecule has 0 amide bonds. The van der Waals surface area contributed by atoms with Gasteiger partial charge in [0.05, 0.1) is 22.8 Å². The van der Waals surface area contributed by atoms with Crippen LogP contribution in [0.15, 0.2) is 91.1 Å². The number of rotatable bonds is 3. The summed E-state index contributed by atoms with van der Waals surface area (Å²) in [5, 5.41) is 3.49. The monoisotopic (exact) mass is 473 g/mol. The molecule has 2 aromatic heterocycles. The molecule has 3 heterocycles. The normalized spacial score (nSPS) is 15.1. The fraction of sp³-hybridized carbons (Fsp3) is 0.133. The Bertz CT molecular complexity index is 1600. The first-order valence-electron chi connectivity index (χ1n) is 12.2. The van der Waals surface area contributed by atoms with Crippen molar-refractivity contribution in [2.24, 2.45) is 5.73 Å². The van der Waals surface area contributed by atoms with Gasteiger partial charge in [0.1, 0.15) is 11.6 Å². The van der Waals surface area contributed by atoms with Crippen LogP contribution in [-0.4, -0.2) is 14.5 Å². The molecule has 7 rings (SSSR count). The highest BCUT2D eigenvalue weighted by molar-refractivity contribution is 5.90. The minimum Gasteiger partial charge on any atom is -0.338 e. The van der Waals surface area contributed by atoms with Gasteiger partial charge < -0.3 is 11.1 Å². The second-order valence-electron chi connectivity index (χ2n) is 9.60. The van der Waals surface area contributed by atoms with E-state index >= 15 is 0 Å². The van der Waals surface area contributed by atoms with Crippen LogP contribution in [0.5, 0.6) is 0 Å². The molecule has 5 nitrogen and oxygen atoms in total. The predicted molar refractivity (Wildman–Crippen MR) is 141 cm³/mol. The van der Waals surface area contributed by atoms with Gasteiger partial charge in [-0.3, -0.25) is 4.57 Å². The van der Waals surface area contributed by atoms with Crippen LogP contribution in [0, 0.1) is 5.82 Å². The highest BCUT2D eigenvalue weighted by Gasteiger charge is 2.34. The summed E-state index contributed by atoms with van der Waals surface area (Å²) < 4.78 is 16.0. The van der Waals surface area contributed by atoms with Gasteiger partial charge in [0.15, 0.2) is 5.82 Å². The van der Waals surface area contributed by atoms with Crippen molar-refractivity contribution in [3.8, 4) is 39.6 Å². The minimum absolute atomic E-state index is 0.230. The number of fused-ring (bicyclic) bond motifs is 5. The molecule has 2 aliphatic rings. The van der Waals surface area contributed by atoms with Gasteiger partial charge in [0, 0.05) is 28.4 Å². The molecule has 3 N–H and O–H groups in total. The lowest BCUT2D eigenvalue weighted by Gasteiger charge is -2.38. The molecule has 1 aliphatic carbocycles. The van der Waals surface area contributed by atoms with Gasteiger partial charge in [-0.25, -0.2) is 14.4 Å². The lowest BCUT2D eigenvalue weighted by Crippen LogP contribution is -2.43. The van der Waals surface area contributed by atoms with Crippen molar-refractivity contribution in [3.63, 3.8) is 0 Å². The number of halogens is 1. The maximum atomic E-state index is 13.8. The molecule has 3 aromatic carbocycles. The van der Waals surface area contributed by atoms with E-state index in [4.69, 9.17) is 10.7 Å². The Hall–Kier alpha value is -4.29. The summed E-state index contributed by atoms with van der Waals surface area (Å²) in [7, 11) is 0.